The number of hydrogen-bond acceptors (Lipinski definition) is 5. The molecular formula is C15H18FN5O2. The van der Waals surface area contributed by atoms with Gasteiger partial charge in [0.2, 0.25) is 11.8 Å². The average Bonchev–Trinajstić information content (AvgIpc) is 2.95. The van der Waals surface area contributed by atoms with E-state index in [9.17, 15) is 9.18 Å². The lowest BCUT2D eigenvalue weighted by molar-refractivity contribution is 0.179. The Hall–Kier alpha value is -2.51. The van der Waals surface area contributed by atoms with Crippen LogP contribution >= 0.6 is 0 Å². The summed E-state index contributed by atoms with van der Waals surface area (Å²) in [6, 6.07) is 2.52. The van der Waals surface area contributed by atoms with Crippen molar-refractivity contribution < 1.29 is 13.7 Å². The molecule has 2 aromatic heterocycles. The lowest BCUT2D eigenvalue weighted by Crippen LogP contribution is -2.41. The molecule has 8 heteroatoms. The van der Waals surface area contributed by atoms with Crippen LogP contribution in [0, 0.1) is 18.8 Å². The van der Waals surface area contributed by atoms with Gasteiger partial charge < -0.3 is 14.7 Å². The van der Waals surface area contributed by atoms with Gasteiger partial charge in [0.25, 0.3) is 0 Å². The first kappa shape index (κ1) is 15.4. The highest BCUT2D eigenvalue weighted by Crippen LogP contribution is 2.21. The van der Waals surface area contributed by atoms with E-state index in [0.29, 0.717) is 36.4 Å². The van der Waals surface area contributed by atoms with E-state index in [1.807, 2.05) is 0 Å². The maximum Gasteiger partial charge on any atom is 0.321 e. The summed E-state index contributed by atoms with van der Waals surface area (Å²) in [5, 5.41) is 6.51. The Labute approximate surface area is 132 Å². The van der Waals surface area contributed by atoms with E-state index in [1.165, 1.54) is 18.3 Å². The van der Waals surface area contributed by atoms with Gasteiger partial charge in [0.1, 0.15) is 0 Å². The number of pyridine rings is 1. The molecule has 0 unspecified atom stereocenters. The summed E-state index contributed by atoms with van der Waals surface area (Å²) in [7, 11) is 0. The van der Waals surface area contributed by atoms with Crippen LogP contribution in [0.5, 0.6) is 0 Å². The fourth-order valence-corrected chi connectivity index (χ4v) is 2.66. The smallest absolute Gasteiger partial charge is 0.321 e. The van der Waals surface area contributed by atoms with Crippen LogP contribution in [-0.2, 0) is 6.42 Å². The van der Waals surface area contributed by atoms with Crippen LogP contribution in [0.25, 0.3) is 0 Å². The van der Waals surface area contributed by atoms with Gasteiger partial charge in [0.05, 0.1) is 11.9 Å². The number of urea groups is 1. The second-order valence-corrected chi connectivity index (χ2v) is 5.67. The third-order valence-corrected chi connectivity index (χ3v) is 3.91. The number of likely N-dealkylation sites (tertiary alicyclic amines) is 1. The second-order valence-electron chi connectivity index (χ2n) is 5.67. The Morgan fingerprint density at radius 3 is 2.83 bits per heavy atom. The molecule has 3 heterocycles. The highest BCUT2D eigenvalue weighted by molar-refractivity contribution is 5.89. The number of aromatic nitrogens is 3. The van der Waals surface area contributed by atoms with Crippen molar-refractivity contribution in [1.82, 2.24) is 20.0 Å². The Balaban J connectivity index is 1.48. The molecule has 1 saturated heterocycles. The maximum absolute atomic E-state index is 12.8. The number of piperidine rings is 1. The number of hydrogen-bond donors (Lipinski definition) is 1. The molecule has 7 nitrogen and oxygen atoms in total. The van der Waals surface area contributed by atoms with Gasteiger partial charge in [-0.05, 0) is 37.8 Å². The van der Waals surface area contributed by atoms with Crippen LogP contribution in [0.2, 0.25) is 0 Å². The van der Waals surface area contributed by atoms with Gasteiger partial charge in [-0.2, -0.15) is 9.37 Å². The molecule has 3 rings (SSSR count). The third-order valence-electron chi connectivity index (χ3n) is 3.91. The van der Waals surface area contributed by atoms with Crippen molar-refractivity contribution in [3.8, 4) is 0 Å². The maximum atomic E-state index is 12.8. The fourth-order valence-electron chi connectivity index (χ4n) is 2.66. The van der Waals surface area contributed by atoms with Crippen molar-refractivity contribution in [3.63, 3.8) is 0 Å². The largest absolute Gasteiger partial charge is 0.339 e. The molecule has 0 saturated carbocycles. The predicted octanol–water partition coefficient (Wildman–Crippen LogP) is 2.40. The quantitative estimate of drug-likeness (QED) is 0.878. The lowest BCUT2D eigenvalue weighted by atomic mass is 9.94. The molecule has 0 aliphatic carbocycles. The van der Waals surface area contributed by atoms with Gasteiger partial charge >= 0.3 is 6.03 Å². The third kappa shape index (κ3) is 4.02. The Morgan fingerprint density at radius 2 is 2.22 bits per heavy atom. The van der Waals surface area contributed by atoms with Gasteiger partial charge in [-0.15, -0.1) is 0 Å². The zero-order chi connectivity index (χ0) is 16.2. The first-order valence-electron chi connectivity index (χ1n) is 7.57. The molecule has 122 valence electrons. The summed E-state index contributed by atoms with van der Waals surface area (Å²) in [6.07, 6.45) is 3.82. The van der Waals surface area contributed by atoms with Gasteiger partial charge in [0.15, 0.2) is 5.82 Å². The van der Waals surface area contributed by atoms with Crippen LogP contribution in [0.4, 0.5) is 14.9 Å². The average molecular weight is 319 g/mol. The minimum Gasteiger partial charge on any atom is -0.339 e. The topological polar surface area (TPSA) is 84.2 Å². The molecule has 0 aromatic carbocycles. The van der Waals surface area contributed by atoms with Gasteiger partial charge in [-0.1, -0.05) is 5.16 Å². The number of nitrogens with one attached hydrogen (secondary N) is 1. The summed E-state index contributed by atoms with van der Waals surface area (Å²) >= 11 is 0. The van der Waals surface area contributed by atoms with E-state index < -0.39 is 5.95 Å². The number of halogens is 1. The lowest BCUT2D eigenvalue weighted by Gasteiger charge is -2.31. The number of anilines is 1. The molecule has 1 fully saturated rings. The van der Waals surface area contributed by atoms with Crippen LogP contribution in [0.3, 0.4) is 0 Å². The van der Waals surface area contributed by atoms with Crippen LogP contribution in [0.1, 0.15) is 24.6 Å². The number of carbonyl (C=O) groups excluding carboxylic acids is 1. The molecule has 1 N–H and O–H groups in total. The molecule has 1 aliphatic rings. The first-order valence-corrected chi connectivity index (χ1v) is 7.57. The zero-order valence-electron chi connectivity index (χ0n) is 12.8. The Morgan fingerprint density at radius 1 is 1.43 bits per heavy atom. The minimum atomic E-state index is -0.569. The number of rotatable bonds is 3. The van der Waals surface area contributed by atoms with E-state index in [4.69, 9.17) is 4.52 Å². The minimum absolute atomic E-state index is 0.189. The van der Waals surface area contributed by atoms with E-state index in [1.54, 1.807) is 11.8 Å². The number of nitrogens with zero attached hydrogens (tertiary/aromatic N) is 4. The summed E-state index contributed by atoms with van der Waals surface area (Å²) in [5.41, 5.74) is 0.486. The standard InChI is InChI=1S/C15H18FN5O2/c1-10-18-14(23-20-10)8-11-4-6-21(7-5-11)15(22)19-12-2-3-13(16)17-9-12/h2-3,9,11H,4-8H2,1H3,(H,19,22). The number of aryl methyl sites for hydroxylation is 1. The van der Waals surface area contributed by atoms with Crippen molar-refractivity contribution in [2.24, 2.45) is 5.92 Å². The first-order chi connectivity index (χ1) is 11.1. The molecule has 2 amide bonds. The van der Waals surface area contributed by atoms with Crippen molar-refractivity contribution in [3.05, 3.63) is 36.0 Å². The van der Waals surface area contributed by atoms with E-state index >= 15 is 0 Å². The fraction of sp³-hybridized carbons (Fsp3) is 0.467. The summed E-state index contributed by atoms with van der Waals surface area (Å²) < 4.78 is 17.9. The van der Waals surface area contributed by atoms with Crippen LogP contribution in [-0.4, -0.2) is 39.1 Å². The zero-order valence-corrected chi connectivity index (χ0v) is 12.8. The summed E-state index contributed by atoms with van der Waals surface area (Å²) in [6.45, 7) is 3.13. The van der Waals surface area contributed by atoms with Gasteiger partial charge in [-0.3, -0.25) is 0 Å². The Bertz CT molecular complexity index is 665. The van der Waals surface area contributed by atoms with Crippen molar-refractivity contribution in [2.75, 3.05) is 18.4 Å². The molecule has 0 bridgehead atoms. The molecule has 0 atom stereocenters. The highest BCUT2D eigenvalue weighted by Gasteiger charge is 2.24. The molecule has 0 spiro atoms. The number of amides is 2. The van der Waals surface area contributed by atoms with E-state index in [-0.39, 0.29) is 6.03 Å². The van der Waals surface area contributed by atoms with Gasteiger partial charge in [0, 0.05) is 19.5 Å². The van der Waals surface area contributed by atoms with Gasteiger partial charge in [-0.25, -0.2) is 9.78 Å². The molecule has 0 radical (unpaired) electrons. The van der Waals surface area contributed by atoms with Crippen molar-refractivity contribution in [1.29, 1.82) is 0 Å². The number of carbonyl (C=O) groups is 1. The molecular weight excluding hydrogens is 301 g/mol. The Kier molecular flexibility index (Phi) is 4.50. The normalized spacial score (nSPS) is 15.7. The van der Waals surface area contributed by atoms with E-state index in [0.717, 1.165) is 19.3 Å². The summed E-state index contributed by atoms with van der Waals surface area (Å²) in [5.74, 6) is 1.17. The predicted molar refractivity (Wildman–Crippen MR) is 80.2 cm³/mol. The van der Waals surface area contributed by atoms with Crippen molar-refractivity contribution >= 4 is 11.7 Å². The molecule has 2 aromatic rings. The van der Waals surface area contributed by atoms with Crippen LogP contribution < -0.4 is 5.32 Å². The van der Waals surface area contributed by atoms with Crippen molar-refractivity contribution in [2.45, 2.75) is 26.2 Å². The van der Waals surface area contributed by atoms with Crippen LogP contribution in [0.15, 0.2) is 22.9 Å². The molecule has 23 heavy (non-hydrogen) atoms. The monoisotopic (exact) mass is 319 g/mol. The SMILES string of the molecule is Cc1noc(CC2CCN(C(=O)Nc3ccc(F)nc3)CC2)n1. The summed E-state index contributed by atoms with van der Waals surface area (Å²) in [4.78, 5) is 21.7. The molecule has 1 aliphatic heterocycles. The van der Waals surface area contributed by atoms with E-state index in [2.05, 4.69) is 20.4 Å². The second kappa shape index (κ2) is 6.72. The highest BCUT2D eigenvalue weighted by atomic mass is 19.1.